The van der Waals surface area contributed by atoms with E-state index in [0.29, 0.717) is 93.4 Å². The third-order valence-corrected chi connectivity index (χ3v) is 19.4. The van der Waals surface area contributed by atoms with Crippen LogP contribution in [-0.4, -0.2) is 248 Å². The zero-order valence-corrected chi connectivity index (χ0v) is 75.3. The van der Waals surface area contributed by atoms with Gasteiger partial charge in [0.05, 0.1) is 106 Å². The molecule has 0 aliphatic rings. The van der Waals surface area contributed by atoms with Crippen molar-refractivity contribution in [2.75, 3.05) is 115 Å². The Morgan fingerprint density at radius 3 is 0.798 bits per heavy atom. The van der Waals surface area contributed by atoms with Crippen molar-refractivity contribution in [2.45, 2.75) is 86.5 Å². The predicted octanol–water partition coefficient (Wildman–Crippen LogP) is 7.08. The van der Waals surface area contributed by atoms with E-state index >= 15 is 0 Å². The molecule has 14 aromatic rings. The highest BCUT2D eigenvalue weighted by molar-refractivity contribution is 5.57. The Labute approximate surface area is 749 Å². The third-order valence-electron chi connectivity index (χ3n) is 19.4. The number of likely N-dealkylation sites (N-methyl/N-ethyl adjacent to an activating group) is 6. The van der Waals surface area contributed by atoms with Gasteiger partial charge in [0.2, 0.25) is 0 Å². The van der Waals surface area contributed by atoms with Gasteiger partial charge in [0.1, 0.15) is 39.9 Å². The van der Waals surface area contributed by atoms with Crippen LogP contribution in [0.4, 0.5) is 0 Å². The number of nitrogens with two attached hydrogens (primary N) is 1. The fraction of sp³-hybridized carbons (Fsp3) is 0.323. The average Bonchev–Trinajstić information content (AvgIpc) is 0.873. The normalized spacial score (nSPS) is 10.9. The molecule has 0 atom stereocenters. The number of aromatic nitrogens is 21. The van der Waals surface area contributed by atoms with Crippen molar-refractivity contribution in [2.24, 2.45) is 5.73 Å². The summed E-state index contributed by atoms with van der Waals surface area (Å²) in [6.45, 7) is 21.6. The lowest BCUT2D eigenvalue weighted by Gasteiger charge is -2.33. The molecule has 0 saturated carbocycles. The molecule has 14 aromatic heterocycles. The molecule has 0 aliphatic carbocycles. The molecule has 0 unspecified atom stereocenters. The van der Waals surface area contributed by atoms with E-state index in [0.717, 1.165) is 97.1 Å². The van der Waals surface area contributed by atoms with E-state index in [2.05, 4.69) is 125 Å². The van der Waals surface area contributed by atoms with E-state index in [1.807, 2.05) is 168 Å². The summed E-state index contributed by atoms with van der Waals surface area (Å²) in [4.78, 5) is 120. The van der Waals surface area contributed by atoms with Crippen LogP contribution in [0, 0.1) is 5.21 Å². The molecule has 0 radical (unpaired) electrons. The van der Waals surface area contributed by atoms with E-state index < -0.39 is 4.65 Å². The Morgan fingerprint density at radius 1 is 0.326 bits per heavy atom. The standard InChI is InChI=1S/2C15H20N4O.C14H18N4O.C13H16N4O2.C13H16N4O.C12H14N4O.C11H12N4O/c1-12(2)18(3)10-11-19-15(20)8-7-14(17-19)13-6-4-5-9-16-13;1-3-18(4-2)11-12-19-15(20)9-8-14(17-19)13-7-5-6-10-16-13;1-3-17(2)10-11-18-14(19)8-7-13(16-18)12-6-4-5-9-15-12;1-17(2,19)10-9-16-13(18)7-6-12(15-16)11-5-3-4-8-14-11;1-16(2)9-10-17-13(18)7-6-12(15-17)11-5-3-4-8-14-11;1-13-8-9-16-12(17)6-5-11(15-16)10-4-2-3-7-14-10;12-6-8-15-11(16)5-4-10(14-15)9-3-1-2-7-13-9/h4-9,12H,10-11H2,1-3H3;5-10H,3-4,11-12H2,1-2H3;4-9H,3,10-11H2,1-2H3;3-8H,9-10H2,1-2H3;3-8H,9-10H2,1-2H3;2-7,13H,8-9H2,1H3;1-5,7H,6,8,12H2. The maximum absolute atomic E-state index is 11.9. The molecule has 14 rings (SSSR count). The van der Waals surface area contributed by atoms with E-state index in [1.165, 1.54) is 71.1 Å². The lowest BCUT2D eigenvalue weighted by atomic mass is 10.2. The zero-order chi connectivity index (χ0) is 92.9. The molecule has 0 aliphatic heterocycles. The van der Waals surface area contributed by atoms with Crippen LogP contribution in [0.1, 0.15) is 34.6 Å². The van der Waals surface area contributed by atoms with Crippen LogP contribution < -0.4 is 50.0 Å². The van der Waals surface area contributed by atoms with Crippen molar-refractivity contribution < 1.29 is 4.65 Å². The van der Waals surface area contributed by atoms with Crippen LogP contribution in [0.2, 0.25) is 0 Å². The predicted molar refractivity (Wildman–Crippen MR) is 503 cm³/mol. The molecule has 0 aromatic carbocycles. The van der Waals surface area contributed by atoms with Gasteiger partial charge in [0, 0.05) is 131 Å². The second kappa shape index (κ2) is 53.4. The number of nitrogens with one attached hydrogen (secondary N) is 1. The summed E-state index contributed by atoms with van der Waals surface area (Å²) in [7, 11) is 12.9. The van der Waals surface area contributed by atoms with Gasteiger partial charge in [-0.25, -0.2) is 32.8 Å². The fourth-order valence-corrected chi connectivity index (χ4v) is 11.5. The molecule has 676 valence electrons. The molecule has 36 heteroatoms. The van der Waals surface area contributed by atoms with Gasteiger partial charge in [-0.2, -0.15) is 35.7 Å². The first kappa shape index (κ1) is 100. The van der Waals surface area contributed by atoms with Crippen molar-refractivity contribution in [1.29, 1.82) is 0 Å². The first-order chi connectivity index (χ1) is 62.3. The highest BCUT2D eigenvalue weighted by atomic mass is 16.5. The van der Waals surface area contributed by atoms with Gasteiger partial charge in [0.15, 0.2) is 0 Å². The fourth-order valence-electron chi connectivity index (χ4n) is 11.5. The van der Waals surface area contributed by atoms with Crippen molar-refractivity contribution in [1.82, 2.24) is 128 Å². The van der Waals surface area contributed by atoms with Gasteiger partial charge in [-0.3, -0.25) is 68.4 Å². The number of hydroxylamine groups is 3. The Balaban J connectivity index is 0.000000186. The summed E-state index contributed by atoms with van der Waals surface area (Å²) in [6, 6.07) is 62.2. The quantitative estimate of drug-likeness (QED) is 0.0323. The molecular formula is C93H116N28O8. The molecule has 0 spiro atoms. The molecule has 0 bridgehead atoms. The Hall–Kier alpha value is -14.1. The second-order valence-corrected chi connectivity index (χ2v) is 30.0. The lowest BCUT2D eigenvalue weighted by Crippen LogP contribution is -2.38. The summed E-state index contributed by atoms with van der Waals surface area (Å²) in [5.74, 6) is 0. The van der Waals surface area contributed by atoms with Gasteiger partial charge >= 0.3 is 0 Å². The lowest BCUT2D eigenvalue weighted by molar-refractivity contribution is -0.840. The number of hydrogen-bond donors (Lipinski definition) is 2. The van der Waals surface area contributed by atoms with Crippen LogP contribution in [0.25, 0.3) is 79.7 Å². The molecular weight excluding hydrogens is 1640 g/mol. The summed E-state index contributed by atoms with van der Waals surface area (Å²) < 4.78 is 9.64. The Kier molecular flexibility index (Phi) is 41.5. The van der Waals surface area contributed by atoms with Gasteiger partial charge in [-0.1, -0.05) is 63.2 Å². The summed E-state index contributed by atoms with van der Waals surface area (Å²) >= 11 is 0. The van der Waals surface area contributed by atoms with Crippen molar-refractivity contribution >= 4 is 0 Å². The maximum atomic E-state index is 11.9. The maximum Gasteiger partial charge on any atom is 0.266 e. The van der Waals surface area contributed by atoms with E-state index in [1.54, 1.807) is 104 Å². The van der Waals surface area contributed by atoms with Crippen LogP contribution in [-0.2, 0) is 45.8 Å². The number of rotatable bonds is 31. The Bertz CT molecular complexity index is 5980. The topological polar surface area (TPSA) is 409 Å². The van der Waals surface area contributed by atoms with Gasteiger partial charge < -0.3 is 40.5 Å². The monoisotopic (exact) mass is 1750 g/mol. The first-order valence-corrected chi connectivity index (χ1v) is 42.4. The average molecular weight is 1750 g/mol. The largest absolute Gasteiger partial charge is 0.633 e. The molecule has 14 heterocycles. The number of quaternary nitrogens is 1. The van der Waals surface area contributed by atoms with Crippen LogP contribution in [0.5, 0.6) is 0 Å². The van der Waals surface area contributed by atoms with Crippen LogP contribution in [0.3, 0.4) is 0 Å². The van der Waals surface area contributed by atoms with Crippen molar-refractivity contribution in [3.63, 3.8) is 0 Å². The number of nitrogens with zero attached hydrogens (tertiary/aromatic N) is 26. The minimum absolute atomic E-state index is 0.0724. The van der Waals surface area contributed by atoms with Crippen LogP contribution in [0.15, 0.2) is 289 Å². The third kappa shape index (κ3) is 34.3. The molecule has 3 N–H and O–H groups in total. The highest BCUT2D eigenvalue weighted by Crippen LogP contribution is 2.17. The Morgan fingerprint density at radius 2 is 0.574 bits per heavy atom. The van der Waals surface area contributed by atoms with E-state index in [9.17, 15) is 38.8 Å². The first-order valence-electron chi connectivity index (χ1n) is 42.4. The highest BCUT2D eigenvalue weighted by Gasteiger charge is 2.14. The molecule has 129 heavy (non-hydrogen) atoms. The molecule has 0 fully saturated rings. The number of hydrogen-bond acceptors (Lipinski definition) is 28. The van der Waals surface area contributed by atoms with Gasteiger partial charge in [-0.15, -0.1) is 0 Å². The van der Waals surface area contributed by atoms with Gasteiger partial charge in [0.25, 0.3) is 38.9 Å². The number of pyridine rings is 7. The summed E-state index contributed by atoms with van der Waals surface area (Å²) in [6.07, 6.45) is 11.9. The molecule has 36 nitrogen and oxygen atoms in total. The molecule has 0 saturated heterocycles. The van der Waals surface area contributed by atoms with Crippen molar-refractivity contribution in [3.05, 3.63) is 333 Å². The summed E-state index contributed by atoms with van der Waals surface area (Å²) in [5.41, 5.74) is 14.8. The van der Waals surface area contributed by atoms with Crippen molar-refractivity contribution in [3.8, 4) is 79.7 Å². The van der Waals surface area contributed by atoms with E-state index in [-0.39, 0.29) is 45.5 Å². The van der Waals surface area contributed by atoms with Crippen LogP contribution >= 0.6 is 0 Å². The zero-order valence-electron chi connectivity index (χ0n) is 75.3. The summed E-state index contributed by atoms with van der Waals surface area (Å²) in [5, 5.41) is 44.7. The molecule has 0 amide bonds. The second-order valence-electron chi connectivity index (χ2n) is 30.0. The smallest absolute Gasteiger partial charge is 0.266 e. The van der Waals surface area contributed by atoms with Gasteiger partial charge in [-0.05, 0) is 196 Å². The SMILES string of the molecule is CC(C)N(C)CCn1nc(-c2ccccn2)ccc1=O.CCN(C)CCn1nc(-c2ccccn2)ccc1=O.CCN(CC)CCn1nc(-c2ccccn2)ccc1=O.CN(C)CCn1nc(-c2ccccn2)ccc1=O.CNCCn1nc(-c2ccccn2)ccc1=O.C[N+](C)([O-])CCn1nc(-c2ccccn2)ccc1=O.NCCn1nc(-c2ccccn2)ccc1=O. The van der Waals surface area contributed by atoms with E-state index in [4.69, 9.17) is 5.73 Å². The minimum atomic E-state index is -0.456. The minimum Gasteiger partial charge on any atom is -0.633 e.